The highest BCUT2D eigenvalue weighted by molar-refractivity contribution is 5.70. The highest BCUT2D eigenvalue weighted by Crippen LogP contribution is 2.44. The smallest absolute Gasteiger partial charge is 0.232 e. The molecule has 2 N–H and O–H groups in total. The van der Waals surface area contributed by atoms with Gasteiger partial charge in [-0.15, -0.1) is 0 Å². The SMILES string of the molecule is [CH2]c1ccc(-c2nc(Nc3cc(OCCCCCCCCCC)c(OCCCCCCCCCC)c(OCCCCCCCCCC)c3)nc(Nc3cc(OCCCCCCCCCC)c(OCCCCCCCCCC)c(OCCCCCCCCCC)c3)n2)cc1. The Morgan fingerprint density at radius 2 is 0.484 bits per heavy atom. The van der Waals surface area contributed by atoms with Gasteiger partial charge in [0, 0.05) is 41.2 Å². The zero-order valence-electron chi connectivity index (χ0n) is 60.8. The molecule has 1 radical (unpaired) electrons. The Morgan fingerprint density at radius 3 is 0.720 bits per heavy atom. The third kappa shape index (κ3) is 39.0. The number of benzene rings is 3. The van der Waals surface area contributed by atoms with Gasteiger partial charge in [0.1, 0.15) is 0 Å². The van der Waals surface area contributed by atoms with E-state index in [9.17, 15) is 0 Å². The van der Waals surface area contributed by atoms with Crippen molar-refractivity contribution in [1.82, 2.24) is 15.0 Å². The summed E-state index contributed by atoms with van der Waals surface area (Å²) in [6.07, 6.45) is 59.0. The molecule has 0 unspecified atom stereocenters. The molecule has 4 aromatic rings. The van der Waals surface area contributed by atoms with E-state index >= 15 is 0 Å². The monoisotopic (exact) mass is 1290 g/mol. The molecule has 4 rings (SSSR count). The maximum absolute atomic E-state index is 6.80. The van der Waals surface area contributed by atoms with Gasteiger partial charge < -0.3 is 39.1 Å². The first-order chi connectivity index (χ1) is 45.9. The van der Waals surface area contributed by atoms with Gasteiger partial charge in [-0.05, 0) is 51.0 Å². The molecule has 1 heterocycles. The number of rotatable bonds is 65. The van der Waals surface area contributed by atoms with Gasteiger partial charge in [-0.25, -0.2) is 0 Å². The molecule has 0 fully saturated rings. The van der Waals surface area contributed by atoms with Crippen molar-refractivity contribution in [2.45, 2.75) is 350 Å². The van der Waals surface area contributed by atoms with Crippen LogP contribution in [0.15, 0.2) is 48.5 Å². The molecule has 0 aliphatic heterocycles. The number of hydrogen-bond donors (Lipinski definition) is 2. The lowest BCUT2D eigenvalue weighted by Gasteiger charge is -2.20. The van der Waals surface area contributed by atoms with Gasteiger partial charge in [0.2, 0.25) is 23.4 Å². The first-order valence-electron chi connectivity index (χ1n) is 39.3. The first-order valence-corrected chi connectivity index (χ1v) is 39.3. The van der Waals surface area contributed by atoms with E-state index in [4.69, 9.17) is 43.4 Å². The summed E-state index contributed by atoms with van der Waals surface area (Å²) in [7, 11) is 0. The molecule has 93 heavy (non-hydrogen) atoms. The van der Waals surface area contributed by atoms with Crippen LogP contribution >= 0.6 is 0 Å². The Bertz CT molecular complexity index is 2160. The number of hydrogen-bond acceptors (Lipinski definition) is 11. The maximum atomic E-state index is 6.80. The van der Waals surface area contributed by atoms with Crippen LogP contribution in [0.4, 0.5) is 23.3 Å². The highest BCUT2D eigenvalue weighted by atomic mass is 16.5. The van der Waals surface area contributed by atoms with E-state index in [1.54, 1.807) is 0 Å². The van der Waals surface area contributed by atoms with Crippen molar-refractivity contribution in [3.63, 3.8) is 0 Å². The Balaban J connectivity index is 1.74. The minimum absolute atomic E-state index is 0.375. The van der Waals surface area contributed by atoms with Crippen molar-refractivity contribution >= 4 is 23.3 Å². The molecule has 0 saturated carbocycles. The van der Waals surface area contributed by atoms with Gasteiger partial charge >= 0.3 is 0 Å². The third-order valence-electron chi connectivity index (χ3n) is 17.9. The summed E-state index contributed by atoms with van der Waals surface area (Å²) in [5.74, 6) is 5.33. The Morgan fingerprint density at radius 1 is 0.269 bits per heavy atom. The van der Waals surface area contributed by atoms with Crippen LogP contribution in [0.2, 0.25) is 0 Å². The van der Waals surface area contributed by atoms with Crippen LogP contribution in [0.3, 0.4) is 0 Å². The van der Waals surface area contributed by atoms with Crippen molar-refractivity contribution in [2.75, 3.05) is 50.3 Å². The number of nitrogens with one attached hydrogen (secondary N) is 2. The fourth-order valence-electron chi connectivity index (χ4n) is 12.0. The van der Waals surface area contributed by atoms with E-state index in [2.05, 4.69) is 59.1 Å². The van der Waals surface area contributed by atoms with Gasteiger partial charge in [0.15, 0.2) is 28.8 Å². The van der Waals surface area contributed by atoms with Crippen LogP contribution in [-0.4, -0.2) is 54.6 Å². The van der Waals surface area contributed by atoms with Crippen molar-refractivity contribution in [3.8, 4) is 45.9 Å². The van der Waals surface area contributed by atoms with Gasteiger partial charge in [0.25, 0.3) is 0 Å². The maximum Gasteiger partial charge on any atom is 0.232 e. The zero-order chi connectivity index (χ0) is 66.1. The summed E-state index contributed by atoms with van der Waals surface area (Å²) in [5, 5.41) is 7.27. The van der Waals surface area contributed by atoms with Gasteiger partial charge in [0.05, 0.1) is 39.6 Å². The normalized spacial score (nSPS) is 11.3. The number of ether oxygens (including phenoxy) is 6. The molecule has 527 valence electrons. The average molecular weight is 1290 g/mol. The number of anilines is 4. The minimum atomic E-state index is 0.375. The predicted molar refractivity (Wildman–Crippen MR) is 398 cm³/mol. The minimum Gasteiger partial charge on any atom is -0.489 e. The van der Waals surface area contributed by atoms with E-state index < -0.39 is 0 Å². The van der Waals surface area contributed by atoms with Crippen LogP contribution in [0.25, 0.3) is 11.4 Å². The summed E-state index contributed by atoms with van der Waals surface area (Å²) < 4.78 is 40.8. The molecule has 0 saturated heterocycles. The van der Waals surface area contributed by atoms with Crippen molar-refractivity contribution in [1.29, 1.82) is 0 Å². The average Bonchev–Trinajstić information content (AvgIpc) is 1.43. The van der Waals surface area contributed by atoms with E-state index in [1.165, 1.54) is 231 Å². The first kappa shape index (κ1) is 80.5. The molecule has 0 aliphatic rings. The number of nitrogens with zero attached hydrogens (tertiary/aromatic N) is 3. The zero-order valence-corrected chi connectivity index (χ0v) is 60.8. The van der Waals surface area contributed by atoms with Crippen molar-refractivity contribution in [2.24, 2.45) is 0 Å². The molecule has 3 aromatic carbocycles. The molecule has 0 bridgehead atoms. The molecule has 11 heteroatoms. The predicted octanol–water partition coefficient (Wildman–Crippen LogP) is 26.3. The lowest BCUT2D eigenvalue weighted by atomic mass is 10.1. The van der Waals surface area contributed by atoms with Crippen LogP contribution in [0.5, 0.6) is 34.5 Å². The van der Waals surface area contributed by atoms with Crippen LogP contribution < -0.4 is 39.1 Å². The third-order valence-corrected chi connectivity index (χ3v) is 17.9. The lowest BCUT2D eigenvalue weighted by molar-refractivity contribution is 0.234. The van der Waals surface area contributed by atoms with Crippen LogP contribution in [0, 0.1) is 6.92 Å². The van der Waals surface area contributed by atoms with E-state index in [0.717, 1.165) is 99.6 Å². The molecule has 0 amide bonds. The lowest BCUT2D eigenvalue weighted by Crippen LogP contribution is -2.09. The quantitative estimate of drug-likeness (QED) is 0.0412. The number of unbranched alkanes of at least 4 members (excludes halogenated alkanes) is 42. The fraction of sp³-hybridized carbons (Fsp3) is 0.732. The number of aromatic nitrogens is 3. The van der Waals surface area contributed by atoms with Crippen LogP contribution in [-0.2, 0) is 0 Å². The Kier molecular flexibility index (Phi) is 48.7. The van der Waals surface area contributed by atoms with Gasteiger partial charge in [-0.2, -0.15) is 15.0 Å². The van der Waals surface area contributed by atoms with E-state index in [-0.39, 0.29) is 0 Å². The molecule has 1 aromatic heterocycles. The molecule has 0 aliphatic carbocycles. The van der Waals surface area contributed by atoms with E-state index in [1.807, 2.05) is 48.5 Å². The molecule has 11 nitrogen and oxygen atoms in total. The second-order valence-corrected chi connectivity index (χ2v) is 26.8. The largest absolute Gasteiger partial charge is 0.489 e. The van der Waals surface area contributed by atoms with Gasteiger partial charge in [-0.3, -0.25) is 0 Å². The summed E-state index contributed by atoms with van der Waals surface area (Å²) in [6, 6.07) is 16.2. The van der Waals surface area contributed by atoms with Gasteiger partial charge in [-0.1, -0.05) is 335 Å². The summed E-state index contributed by atoms with van der Waals surface area (Å²) in [4.78, 5) is 15.4. The van der Waals surface area contributed by atoms with Crippen molar-refractivity contribution < 1.29 is 28.4 Å². The molecule has 0 spiro atoms. The summed E-state index contributed by atoms with van der Waals surface area (Å²) in [5.41, 5.74) is 3.25. The Labute approximate surface area is 570 Å². The van der Waals surface area contributed by atoms with Crippen molar-refractivity contribution in [3.05, 3.63) is 61.0 Å². The summed E-state index contributed by atoms with van der Waals surface area (Å²) >= 11 is 0. The standard InChI is InChI=1S/C82H138N5O6/c1-8-14-20-26-32-38-44-50-60-88-74-66-72(67-75(89-61-51-45-39-33-27-21-15-9-2)78(74)92-64-54-48-42-36-30-24-18-12-5)83-81-85-80(71-58-56-70(7)57-59-71)86-82(87-81)84-73-68-76(90-62-52-46-40-34-28-22-16-10-3)79(93-65-55-49-43-37-31-25-19-13-6)77(69-73)91-63-53-47-41-35-29-23-17-11-4/h56-59,66-69H,7-55,60-65H2,1-6H3,(H2,83,84,85,86,87). The Hall–Kier alpha value is -4.93. The van der Waals surface area contributed by atoms with Crippen LogP contribution in [0.1, 0.15) is 355 Å². The molecule has 0 atom stereocenters. The molecular formula is C82H138N5O6. The second kappa shape index (κ2) is 56.3. The van der Waals surface area contributed by atoms with E-state index in [0.29, 0.717) is 91.9 Å². The highest BCUT2D eigenvalue weighted by Gasteiger charge is 2.21. The fourth-order valence-corrected chi connectivity index (χ4v) is 12.0. The summed E-state index contributed by atoms with van der Waals surface area (Å²) in [6.45, 7) is 21.5. The molecular weight excluding hydrogens is 1150 g/mol. The topological polar surface area (TPSA) is 118 Å². The second-order valence-electron chi connectivity index (χ2n) is 26.8.